The number of nitrogens with zero attached hydrogens (tertiary/aromatic N) is 3. The summed E-state index contributed by atoms with van der Waals surface area (Å²) in [6.45, 7) is 0. The van der Waals surface area contributed by atoms with E-state index in [0.29, 0.717) is 11.5 Å². The fourth-order valence-electron chi connectivity index (χ4n) is 2.62. The van der Waals surface area contributed by atoms with Gasteiger partial charge in [-0.3, -0.25) is 14.4 Å². The number of hydrogen-bond donors (Lipinski definition) is 2. The fourth-order valence-corrected chi connectivity index (χ4v) is 5.54. The Kier molecular flexibility index (Phi) is 4.52. The second-order valence-corrected chi connectivity index (χ2v) is 8.67. The lowest BCUT2D eigenvalue weighted by atomic mass is 10.2. The highest BCUT2D eigenvalue weighted by Gasteiger charge is 2.26. The van der Waals surface area contributed by atoms with E-state index in [1.54, 1.807) is 42.3 Å². The summed E-state index contributed by atoms with van der Waals surface area (Å²) in [6, 6.07) is 7.97. The summed E-state index contributed by atoms with van der Waals surface area (Å²) in [4.78, 5) is 17.7. The van der Waals surface area contributed by atoms with E-state index in [2.05, 4.69) is 35.7 Å². The number of H-pyrrole nitrogens is 1. The molecule has 2 aromatic heterocycles. The van der Waals surface area contributed by atoms with Gasteiger partial charge in [-0.1, -0.05) is 11.6 Å². The van der Waals surface area contributed by atoms with Crippen molar-refractivity contribution in [3.8, 4) is 11.4 Å². The minimum Gasteiger partial charge on any atom is -0.406 e. The number of aromatic amines is 1. The van der Waals surface area contributed by atoms with Crippen LogP contribution < -0.4 is 10.5 Å². The highest BCUT2D eigenvalue weighted by atomic mass is 79.9. The first kappa shape index (κ1) is 18.7. The number of oxazole rings is 1. The van der Waals surface area contributed by atoms with Crippen LogP contribution in [0.25, 0.3) is 22.5 Å². The predicted octanol–water partition coefficient (Wildman–Crippen LogP) is 3.13. The van der Waals surface area contributed by atoms with Crippen LogP contribution in [-0.4, -0.2) is 28.2 Å². The minimum absolute atomic E-state index is 0.0354. The van der Waals surface area contributed by atoms with Crippen molar-refractivity contribution in [1.29, 1.82) is 0 Å². The summed E-state index contributed by atoms with van der Waals surface area (Å²) >= 11 is 9.38. The summed E-state index contributed by atoms with van der Waals surface area (Å²) < 4.78 is 34.9. The molecule has 12 heteroatoms. The average molecular weight is 485 g/mol. The van der Waals surface area contributed by atoms with Gasteiger partial charge in [-0.2, -0.15) is 5.10 Å². The Morgan fingerprint density at radius 3 is 2.64 bits per heavy atom. The maximum Gasteiger partial charge on any atom is 0.417 e. The SMILES string of the molecule is Cn1cnc(-c2ccc(NS(=O)(=O)c3c(Br)cc4[nH]c(=O)oc4c3Cl)cc2)n1. The molecule has 2 heterocycles. The lowest BCUT2D eigenvalue weighted by molar-refractivity contribution is 0.554. The number of benzene rings is 2. The number of rotatable bonds is 4. The van der Waals surface area contributed by atoms with Crippen LogP contribution in [0.4, 0.5) is 5.69 Å². The Hall–Kier alpha value is -2.63. The number of anilines is 1. The zero-order valence-electron chi connectivity index (χ0n) is 14.1. The second kappa shape index (κ2) is 6.76. The highest BCUT2D eigenvalue weighted by molar-refractivity contribution is 9.10. The number of halogens is 2. The van der Waals surface area contributed by atoms with Crippen molar-refractivity contribution in [2.45, 2.75) is 4.90 Å². The average Bonchev–Trinajstić information content (AvgIpc) is 3.20. The van der Waals surface area contributed by atoms with Gasteiger partial charge in [0.2, 0.25) is 0 Å². The van der Waals surface area contributed by atoms with Crippen molar-refractivity contribution in [3.63, 3.8) is 0 Å². The van der Waals surface area contributed by atoms with E-state index in [0.717, 1.165) is 5.56 Å². The summed E-state index contributed by atoms with van der Waals surface area (Å²) in [5.74, 6) is -0.208. The number of fused-ring (bicyclic) bond motifs is 1. The van der Waals surface area contributed by atoms with Gasteiger partial charge in [-0.05, 0) is 46.3 Å². The topological polar surface area (TPSA) is 123 Å². The molecule has 0 aliphatic carbocycles. The Morgan fingerprint density at radius 1 is 1.29 bits per heavy atom. The molecule has 0 saturated heterocycles. The van der Waals surface area contributed by atoms with Gasteiger partial charge in [0.25, 0.3) is 10.0 Å². The molecular weight excluding hydrogens is 474 g/mol. The van der Waals surface area contributed by atoms with Crippen LogP contribution >= 0.6 is 27.5 Å². The Bertz CT molecular complexity index is 1360. The monoisotopic (exact) mass is 483 g/mol. The lowest BCUT2D eigenvalue weighted by Gasteiger charge is -2.11. The van der Waals surface area contributed by atoms with E-state index in [-0.39, 0.29) is 25.5 Å². The van der Waals surface area contributed by atoms with E-state index in [1.807, 2.05) is 0 Å². The molecule has 0 saturated carbocycles. The molecule has 0 spiro atoms. The molecule has 4 rings (SSSR count). The first-order valence-electron chi connectivity index (χ1n) is 7.74. The number of aromatic nitrogens is 4. The Labute approximate surface area is 171 Å². The highest BCUT2D eigenvalue weighted by Crippen LogP contribution is 2.36. The van der Waals surface area contributed by atoms with E-state index in [4.69, 9.17) is 16.0 Å². The van der Waals surface area contributed by atoms with Crippen LogP contribution in [0.15, 0.2) is 55.2 Å². The molecule has 2 N–H and O–H groups in total. The molecule has 0 bridgehead atoms. The third-order valence-electron chi connectivity index (χ3n) is 3.83. The first-order valence-corrected chi connectivity index (χ1v) is 10.4. The van der Waals surface area contributed by atoms with Crippen molar-refractivity contribution >= 4 is 54.3 Å². The van der Waals surface area contributed by atoms with Crippen molar-refractivity contribution in [1.82, 2.24) is 19.7 Å². The molecule has 0 unspecified atom stereocenters. The molecule has 0 amide bonds. The number of aryl methyl sites for hydroxylation is 1. The molecule has 28 heavy (non-hydrogen) atoms. The normalized spacial score (nSPS) is 11.8. The molecule has 0 atom stereocenters. The third-order valence-corrected chi connectivity index (χ3v) is 6.65. The van der Waals surface area contributed by atoms with Gasteiger partial charge in [0.15, 0.2) is 11.4 Å². The van der Waals surface area contributed by atoms with Gasteiger partial charge in [0, 0.05) is 22.8 Å². The summed E-state index contributed by atoms with van der Waals surface area (Å²) in [6.07, 6.45) is 1.57. The van der Waals surface area contributed by atoms with E-state index >= 15 is 0 Å². The maximum absolute atomic E-state index is 12.9. The molecule has 4 aromatic rings. The van der Waals surface area contributed by atoms with Gasteiger partial charge in [-0.15, -0.1) is 0 Å². The van der Waals surface area contributed by atoms with Crippen molar-refractivity contribution in [3.05, 3.63) is 56.7 Å². The van der Waals surface area contributed by atoms with Gasteiger partial charge in [0.05, 0.1) is 5.52 Å². The Morgan fingerprint density at radius 2 is 2.00 bits per heavy atom. The van der Waals surface area contributed by atoms with Crippen LogP contribution in [0.2, 0.25) is 5.02 Å². The quantitative estimate of drug-likeness (QED) is 0.459. The van der Waals surface area contributed by atoms with E-state index < -0.39 is 15.8 Å². The van der Waals surface area contributed by atoms with Gasteiger partial charge in [0.1, 0.15) is 16.2 Å². The number of nitrogens with one attached hydrogen (secondary N) is 2. The van der Waals surface area contributed by atoms with Crippen LogP contribution in [0.1, 0.15) is 0 Å². The summed E-state index contributed by atoms with van der Waals surface area (Å²) in [5, 5.41) is 3.99. The Balaban J connectivity index is 1.70. The van der Waals surface area contributed by atoms with Crippen molar-refractivity contribution in [2.75, 3.05) is 4.72 Å². The molecule has 0 fully saturated rings. The fraction of sp³-hybridized carbons (Fsp3) is 0.0625. The van der Waals surface area contributed by atoms with Gasteiger partial charge >= 0.3 is 5.76 Å². The van der Waals surface area contributed by atoms with Gasteiger partial charge < -0.3 is 4.42 Å². The largest absolute Gasteiger partial charge is 0.417 e. The maximum atomic E-state index is 12.9. The molecule has 0 aliphatic rings. The molecular formula is C16H11BrClN5O4S. The van der Waals surface area contributed by atoms with Crippen LogP contribution in [-0.2, 0) is 17.1 Å². The summed E-state index contributed by atoms with van der Waals surface area (Å²) in [7, 11) is -2.32. The van der Waals surface area contributed by atoms with E-state index in [1.165, 1.54) is 6.07 Å². The van der Waals surface area contributed by atoms with Crippen LogP contribution in [0.5, 0.6) is 0 Å². The van der Waals surface area contributed by atoms with Crippen LogP contribution in [0, 0.1) is 0 Å². The first-order chi connectivity index (χ1) is 13.2. The smallest absolute Gasteiger partial charge is 0.406 e. The van der Waals surface area contributed by atoms with E-state index in [9.17, 15) is 13.2 Å². The number of hydrogen-bond acceptors (Lipinski definition) is 6. The van der Waals surface area contributed by atoms with Crippen LogP contribution in [0.3, 0.4) is 0 Å². The van der Waals surface area contributed by atoms with Gasteiger partial charge in [-0.25, -0.2) is 18.2 Å². The molecule has 0 aliphatic heterocycles. The van der Waals surface area contributed by atoms with Crippen molar-refractivity contribution in [2.24, 2.45) is 7.05 Å². The zero-order valence-corrected chi connectivity index (χ0v) is 17.3. The standard InChI is InChI=1S/C16H11BrClN5O4S/c1-23-7-19-15(21-23)8-2-4-9(5-3-8)22-28(25,26)14-10(17)6-11-13(12(14)18)27-16(24)20-11/h2-7,22H,1H3,(H,20,24). The molecule has 9 nitrogen and oxygen atoms in total. The number of sulfonamides is 1. The molecule has 144 valence electrons. The lowest BCUT2D eigenvalue weighted by Crippen LogP contribution is -2.14. The second-order valence-electron chi connectivity index (χ2n) is 5.82. The third kappa shape index (κ3) is 3.32. The molecule has 2 aromatic carbocycles. The van der Waals surface area contributed by atoms with Crippen molar-refractivity contribution < 1.29 is 12.8 Å². The summed E-state index contributed by atoms with van der Waals surface area (Å²) in [5.41, 5.74) is 1.30. The zero-order chi connectivity index (χ0) is 20.1. The predicted molar refractivity (Wildman–Crippen MR) is 107 cm³/mol. The minimum atomic E-state index is -4.07. The molecule has 0 radical (unpaired) electrons.